The third-order valence-corrected chi connectivity index (χ3v) is 4.30. The highest BCUT2D eigenvalue weighted by molar-refractivity contribution is 6.35. The van der Waals surface area contributed by atoms with Crippen molar-refractivity contribution in [2.45, 2.75) is 12.8 Å². The molecule has 144 valence electrons. The number of ether oxygens (including phenoxy) is 2. The van der Waals surface area contributed by atoms with Crippen molar-refractivity contribution in [3.8, 4) is 11.5 Å². The number of rotatable bonds is 8. The van der Waals surface area contributed by atoms with Crippen LogP contribution in [0, 0.1) is 0 Å². The number of aryl methyl sites for hydroxylation is 1. The number of benzene rings is 2. The van der Waals surface area contributed by atoms with E-state index in [1.807, 2.05) is 12.1 Å². The highest BCUT2D eigenvalue weighted by atomic mass is 35.5. The van der Waals surface area contributed by atoms with Crippen molar-refractivity contribution in [3.63, 3.8) is 0 Å². The molecule has 0 bridgehead atoms. The van der Waals surface area contributed by atoms with E-state index in [1.54, 1.807) is 38.5 Å². The molecule has 2 aromatic rings. The molecule has 0 aromatic heterocycles. The van der Waals surface area contributed by atoms with Gasteiger partial charge < -0.3 is 20.1 Å². The summed E-state index contributed by atoms with van der Waals surface area (Å²) in [6.07, 6.45) is 0.745. The second kappa shape index (κ2) is 10.0. The third-order valence-electron chi connectivity index (χ3n) is 3.74. The molecule has 0 unspecified atom stereocenters. The summed E-state index contributed by atoms with van der Waals surface area (Å²) >= 11 is 11.9. The Morgan fingerprint density at radius 1 is 0.963 bits per heavy atom. The zero-order valence-corrected chi connectivity index (χ0v) is 16.5. The van der Waals surface area contributed by atoms with Crippen molar-refractivity contribution in [3.05, 3.63) is 52.0 Å². The lowest BCUT2D eigenvalue weighted by Crippen LogP contribution is -2.33. The number of halogens is 2. The maximum absolute atomic E-state index is 12.0. The van der Waals surface area contributed by atoms with Gasteiger partial charge in [0.25, 0.3) is 0 Å². The van der Waals surface area contributed by atoms with Gasteiger partial charge in [-0.3, -0.25) is 9.59 Å². The Kier molecular flexibility index (Phi) is 7.76. The highest BCUT2D eigenvalue weighted by Gasteiger charge is 2.10. The smallest absolute Gasteiger partial charge is 0.243 e. The summed E-state index contributed by atoms with van der Waals surface area (Å²) in [7, 11) is 3.12. The Bertz CT molecular complexity index is 827. The molecule has 0 fully saturated rings. The van der Waals surface area contributed by atoms with Crippen LogP contribution in [0.4, 0.5) is 5.69 Å². The van der Waals surface area contributed by atoms with Crippen LogP contribution in [0.25, 0.3) is 0 Å². The minimum Gasteiger partial charge on any atom is -0.493 e. The molecular weight excluding hydrogens is 391 g/mol. The summed E-state index contributed by atoms with van der Waals surface area (Å²) in [5, 5.41) is 6.00. The molecule has 0 heterocycles. The van der Waals surface area contributed by atoms with Crippen molar-refractivity contribution in [2.24, 2.45) is 0 Å². The standard InChI is InChI=1S/C19H20Cl2N2O4/c1-26-16-7-3-12(9-17(16)27-2)4-8-18(24)22-11-19(25)23-15-10-13(20)5-6-14(15)21/h3,5-7,9-10H,4,8,11H2,1-2H3,(H,22,24)(H,23,25). The number of anilines is 1. The van der Waals surface area contributed by atoms with Gasteiger partial charge in [0, 0.05) is 11.4 Å². The van der Waals surface area contributed by atoms with Crippen LogP contribution in [-0.4, -0.2) is 32.6 Å². The molecule has 0 spiro atoms. The lowest BCUT2D eigenvalue weighted by molar-refractivity contribution is -0.124. The molecule has 2 aromatic carbocycles. The van der Waals surface area contributed by atoms with E-state index in [9.17, 15) is 9.59 Å². The van der Waals surface area contributed by atoms with Crippen LogP contribution in [0.5, 0.6) is 11.5 Å². The van der Waals surface area contributed by atoms with Crippen LogP contribution in [0.3, 0.4) is 0 Å². The molecule has 2 rings (SSSR count). The third kappa shape index (κ3) is 6.34. The second-order valence-electron chi connectivity index (χ2n) is 5.64. The minimum absolute atomic E-state index is 0.159. The SMILES string of the molecule is COc1ccc(CCC(=O)NCC(=O)Nc2cc(Cl)ccc2Cl)cc1OC. The van der Waals surface area contributed by atoms with Gasteiger partial charge in [0.2, 0.25) is 11.8 Å². The van der Waals surface area contributed by atoms with Gasteiger partial charge in [0.15, 0.2) is 11.5 Å². The predicted molar refractivity (Wildman–Crippen MR) is 106 cm³/mol. The van der Waals surface area contributed by atoms with Crippen LogP contribution in [-0.2, 0) is 16.0 Å². The molecule has 0 aliphatic carbocycles. The van der Waals surface area contributed by atoms with Crippen LogP contribution in [0.1, 0.15) is 12.0 Å². The quantitative estimate of drug-likeness (QED) is 0.695. The molecule has 0 atom stereocenters. The Morgan fingerprint density at radius 2 is 1.70 bits per heavy atom. The van der Waals surface area contributed by atoms with Crippen molar-refractivity contribution in [1.29, 1.82) is 0 Å². The molecule has 27 heavy (non-hydrogen) atoms. The van der Waals surface area contributed by atoms with E-state index in [0.29, 0.717) is 33.7 Å². The maximum Gasteiger partial charge on any atom is 0.243 e. The fourth-order valence-corrected chi connectivity index (χ4v) is 2.69. The summed E-state index contributed by atoms with van der Waals surface area (Å²) in [5.41, 5.74) is 1.33. The first-order valence-corrected chi connectivity index (χ1v) is 8.91. The minimum atomic E-state index is -0.390. The monoisotopic (exact) mass is 410 g/mol. The van der Waals surface area contributed by atoms with Gasteiger partial charge in [0.05, 0.1) is 31.5 Å². The Labute approximate surface area is 167 Å². The largest absolute Gasteiger partial charge is 0.493 e. The molecule has 0 aliphatic rings. The summed E-state index contributed by atoms with van der Waals surface area (Å²) in [6, 6.07) is 10.2. The molecule has 2 N–H and O–H groups in total. The summed E-state index contributed by atoms with van der Waals surface area (Å²) in [5.74, 6) is 0.603. The van der Waals surface area contributed by atoms with Gasteiger partial charge in [0.1, 0.15) is 0 Å². The molecule has 8 heteroatoms. The fourth-order valence-electron chi connectivity index (χ4n) is 2.35. The molecule has 2 amide bonds. The first-order valence-electron chi connectivity index (χ1n) is 8.15. The van der Waals surface area contributed by atoms with Gasteiger partial charge in [-0.25, -0.2) is 0 Å². The predicted octanol–water partition coefficient (Wildman–Crippen LogP) is 3.70. The average molecular weight is 411 g/mol. The lowest BCUT2D eigenvalue weighted by atomic mass is 10.1. The normalized spacial score (nSPS) is 10.2. The van der Waals surface area contributed by atoms with Crippen molar-refractivity contribution < 1.29 is 19.1 Å². The van der Waals surface area contributed by atoms with E-state index in [4.69, 9.17) is 32.7 Å². The van der Waals surface area contributed by atoms with Gasteiger partial charge in [-0.15, -0.1) is 0 Å². The Balaban J connectivity index is 1.80. The van der Waals surface area contributed by atoms with Crippen LogP contribution in [0.2, 0.25) is 10.0 Å². The van der Waals surface area contributed by atoms with Crippen LogP contribution in [0.15, 0.2) is 36.4 Å². The van der Waals surface area contributed by atoms with Crippen molar-refractivity contribution >= 4 is 40.7 Å². The van der Waals surface area contributed by atoms with Crippen molar-refractivity contribution in [1.82, 2.24) is 5.32 Å². The number of hydrogen-bond acceptors (Lipinski definition) is 4. The number of amides is 2. The molecule has 0 radical (unpaired) electrons. The molecule has 0 saturated carbocycles. The number of hydrogen-bond donors (Lipinski definition) is 2. The van der Waals surface area contributed by atoms with E-state index in [-0.39, 0.29) is 18.9 Å². The van der Waals surface area contributed by atoms with E-state index in [2.05, 4.69) is 10.6 Å². The van der Waals surface area contributed by atoms with Gasteiger partial charge in [-0.05, 0) is 42.3 Å². The van der Waals surface area contributed by atoms with Crippen LogP contribution < -0.4 is 20.1 Å². The summed E-state index contributed by atoms with van der Waals surface area (Å²) in [6.45, 7) is -0.159. The number of methoxy groups -OCH3 is 2. The van der Waals surface area contributed by atoms with Gasteiger partial charge in [-0.2, -0.15) is 0 Å². The molecule has 0 aliphatic heterocycles. The summed E-state index contributed by atoms with van der Waals surface area (Å²) < 4.78 is 10.4. The van der Waals surface area contributed by atoms with E-state index >= 15 is 0 Å². The number of carbonyl (C=O) groups is 2. The van der Waals surface area contributed by atoms with Crippen LogP contribution >= 0.6 is 23.2 Å². The highest BCUT2D eigenvalue weighted by Crippen LogP contribution is 2.28. The topological polar surface area (TPSA) is 76.7 Å². The maximum atomic E-state index is 12.0. The number of nitrogens with one attached hydrogen (secondary N) is 2. The van der Waals surface area contributed by atoms with Gasteiger partial charge >= 0.3 is 0 Å². The zero-order valence-electron chi connectivity index (χ0n) is 15.0. The lowest BCUT2D eigenvalue weighted by Gasteiger charge is -2.10. The van der Waals surface area contributed by atoms with Crippen molar-refractivity contribution in [2.75, 3.05) is 26.1 Å². The zero-order chi connectivity index (χ0) is 19.8. The first-order chi connectivity index (χ1) is 12.9. The average Bonchev–Trinajstić information content (AvgIpc) is 2.67. The molecular formula is C19H20Cl2N2O4. The summed E-state index contributed by atoms with van der Waals surface area (Å²) in [4.78, 5) is 23.9. The first kappa shape index (κ1) is 20.9. The molecule has 6 nitrogen and oxygen atoms in total. The van der Waals surface area contributed by atoms with E-state index < -0.39 is 5.91 Å². The Morgan fingerprint density at radius 3 is 2.41 bits per heavy atom. The van der Waals surface area contributed by atoms with E-state index in [0.717, 1.165) is 5.56 Å². The Hall–Kier alpha value is -2.44. The number of carbonyl (C=O) groups excluding carboxylic acids is 2. The molecule has 0 saturated heterocycles. The second-order valence-corrected chi connectivity index (χ2v) is 6.48. The fraction of sp³-hybridized carbons (Fsp3) is 0.263. The van der Waals surface area contributed by atoms with Gasteiger partial charge in [-0.1, -0.05) is 29.3 Å². The van der Waals surface area contributed by atoms with E-state index in [1.165, 1.54) is 0 Å².